The summed E-state index contributed by atoms with van der Waals surface area (Å²) in [7, 11) is 0. The summed E-state index contributed by atoms with van der Waals surface area (Å²) in [5, 5.41) is 11.5. The minimum Gasteiger partial charge on any atom is -0.508 e. The van der Waals surface area contributed by atoms with Gasteiger partial charge in [0.25, 0.3) is 0 Å². The summed E-state index contributed by atoms with van der Waals surface area (Å²) >= 11 is 0. The number of nitrogen functional groups attached to an aromatic ring is 1. The van der Waals surface area contributed by atoms with E-state index in [0.717, 1.165) is 22.0 Å². The van der Waals surface area contributed by atoms with Crippen LogP contribution in [0.3, 0.4) is 0 Å². The molecule has 0 spiro atoms. The van der Waals surface area contributed by atoms with Gasteiger partial charge < -0.3 is 10.8 Å². The maximum absolute atomic E-state index is 9.47. The molecule has 0 fully saturated rings. The molecular weight excluding hydrogens is 162 g/mol. The van der Waals surface area contributed by atoms with Crippen LogP contribution in [0.2, 0.25) is 0 Å². The van der Waals surface area contributed by atoms with Crippen LogP contribution in [0.25, 0.3) is 10.8 Å². The molecule has 13 heavy (non-hydrogen) atoms. The SMILES string of the molecule is Cc1c(O)ccc2c(N)cccc12. The number of aromatic hydroxyl groups is 1. The number of phenolic OH excluding ortho intramolecular Hbond substituents is 1. The number of fused-ring (bicyclic) bond motifs is 1. The van der Waals surface area contributed by atoms with Gasteiger partial charge in [-0.25, -0.2) is 0 Å². The van der Waals surface area contributed by atoms with Crippen LogP contribution in [-0.2, 0) is 0 Å². The van der Waals surface area contributed by atoms with Crippen LogP contribution in [0.15, 0.2) is 30.3 Å². The fraction of sp³-hybridized carbons (Fsp3) is 0.0909. The number of rotatable bonds is 0. The molecule has 66 valence electrons. The lowest BCUT2D eigenvalue weighted by Gasteiger charge is -2.05. The molecule has 0 saturated heterocycles. The van der Waals surface area contributed by atoms with E-state index in [1.807, 2.05) is 31.2 Å². The van der Waals surface area contributed by atoms with E-state index < -0.39 is 0 Å². The van der Waals surface area contributed by atoms with Gasteiger partial charge in [-0.3, -0.25) is 0 Å². The van der Waals surface area contributed by atoms with Gasteiger partial charge in [0.1, 0.15) is 5.75 Å². The van der Waals surface area contributed by atoms with E-state index in [1.54, 1.807) is 6.07 Å². The van der Waals surface area contributed by atoms with Crippen molar-refractivity contribution >= 4 is 16.5 Å². The molecule has 2 nitrogen and oxygen atoms in total. The molecule has 0 unspecified atom stereocenters. The number of nitrogens with two attached hydrogens (primary N) is 1. The van der Waals surface area contributed by atoms with Gasteiger partial charge in [-0.05, 0) is 36.1 Å². The summed E-state index contributed by atoms with van der Waals surface area (Å²) in [5.74, 6) is 0.318. The summed E-state index contributed by atoms with van der Waals surface area (Å²) in [5.41, 5.74) is 7.42. The van der Waals surface area contributed by atoms with Crippen molar-refractivity contribution in [3.8, 4) is 5.75 Å². The Hall–Kier alpha value is -1.70. The molecule has 0 amide bonds. The molecule has 3 N–H and O–H groups in total. The van der Waals surface area contributed by atoms with E-state index in [4.69, 9.17) is 5.73 Å². The lowest BCUT2D eigenvalue weighted by Crippen LogP contribution is -1.87. The maximum Gasteiger partial charge on any atom is 0.119 e. The molecule has 0 radical (unpaired) electrons. The Morgan fingerprint density at radius 1 is 1.08 bits per heavy atom. The number of hydrogen-bond donors (Lipinski definition) is 2. The van der Waals surface area contributed by atoms with Crippen molar-refractivity contribution in [2.45, 2.75) is 6.92 Å². The Morgan fingerprint density at radius 3 is 2.62 bits per heavy atom. The molecule has 0 aliphatic heterocycles. The normalized spacial score (nSPS) is 10.5. The second-order valence-corrected chi connectivity index (χ2v) is 3.15. The number of phenols is 1. The molecular formula is C11H11NO. The van der Waals surface area contributed by atoms with Gasteiger partial charge in [-0.2, -0.15) is 0 Å². The first kappa shape index (κ1) is 7.92. The van der Waals surface area contributed by atoms with Crippen molar-refractivity contribution in [1.82, 2.24) is 0 Å². The lowest BCUT2D eigenvalue weighted by molar-refractivity contribution is 0.472. The molecule has 0 heterocycles. The van der Waals surface area contributed by atoms with Gasteiger partial charge in [-0.1, -0.05) is 12.1 Å². The van der Waals surface area contributed by atoms with Crippen molar-refractivity contribution in [1.29, 1.82) is 0 Å². The topological polar surface area (TPSA) is 46.2 Å². The van der Waals surface area contributed by atoms with E-state index in [1.165, 1.54) is 0 Å². The maximum atomic E-state index is 9.47. The highest BCUT2D eigenvalue weighted by Crippen LogP contribution is 2.29. The van der Waals surface area contributed by atoms with Crippen molar-refractivity contribution < 1.29 is 5.11 Å². The molecule has 2 aromatic rings. The summed E-state index contributed by atoms with van der Waals surface area (Å²) in [6.45, 7) is 1.89. The Balaban J connectivity index is 2.94. The third kappa shape index (κ3) is 1.11. The monoisotopic (exact) mass is 173 g/mol. The minimum atomic E-state index is 0.318. The van der Waals surface area contributed by atoms with E-state index in [-0.39, 0.29) is 0 Å². The summed E-state index contributed by atoms with van der Waals surface area (Å²) < 4.78 is 0. The predicted octanol–water partition coefficient (Wildman–Crippen LogP) is 2.44. The predicted molar refractivity (Wildman–Crippen MR) is 54.8 cm³/mol. The Bertz CT molecular complexity index is 463. The molecule has 0 aliphatic carbocycles. The van der Waals surface area contributed by atoms with E-state index in [2.05, 4.69) is 0 Å². The van der Waals surface area contributed by atoms with E-state index >= 15 is 0 Å². The standard InChI is InChI=1S/C11H11NO/c1-7-8-3-2-4-10(12)9(8)5-6-11(7)13/h2-6,13H,12H2,1H3. The van der Waals surface area contributed by atoms with Crippen LogP contribution in [-0.4, -0.2) is 5.11 Å². The zero-order valence-corrected chi connectivity index (χ0v) is 7.41. The highest BCUT2D eigenvalue weighted by Gasteiger charge is 2.03. The Morgan fingerprint density at radius 2 is 1.85 bits per heavy atom. The summed E-state index contributed by atoms with van der Waals surface area (Å²) in [6.07, 6.45) is 0. The van der Waals surface area contributed by atoms with Gasteiger partial charge in [-0.15, -0.1) is 0 Å². The van der Waals surface area contributed by atoms with Crippen LogP contribution in [0.4, 0.5) is 5.69 Å². The van der Waals surface area contributed by atoms with Crippen molar-refractivity contribution in [2.75, 3.05) is 5.73 Å². The average molecular weight is 173 g/mol. The fourth-order valence-corrected chi connectivity index (χ4v) is 1.52. The first-order valence-electron chi connectivity index (χ1n) is 4.17. The van der Waals surface area contributed by atoms with Crippen molar-refractivity contribution in [3.63, 3.8) is 0 Å². The Kier molecular flexibility index (Phi) is 1.62. The number of benzene rings is 2. The van der Waals surface area contributed by atoms with Gasteiger partial charge in [0.2, 0.25) is 0 Å². The largest absolute Gasteiger partial charge is 0.508 e. The van der Waals surface area contributed by atoms with Crippen LogP contribution < -0.4 is 5.73 Å². The van der Waals surface area contributed by atoms with Crippen LogP contribution >= 0.6 is 0 Å². The zero-order valence-electron chi connectivity index (χ0n) is 7.41. The van der Waals surface area contributed by atoms with Gasteiger partial charge in [0, 0.05) is 11.1 Å². The molecule has 0 aromatic heterocycles. The fourth-order valence-electron chi connectivity index (χ4n) is 1.52. The summed E-state index contributed by atoms with van der Waals surface area (Å²) in [6, 6.07) is 9.23. The van der Waals surface area contributed by atoms with Crippen molar-refractivity contribution in [3.05, 3.63) is 35.9 Å². The highest BCUT2D eigenvalue weighted by molar-refractivity contribution is 5.95. The second kappa shape index (κ2) is 2.66. The number of anilines is 1. The molecule has 2 heteroatoms. The smallest absolute Gasteiger partial charge is 0.119 e. The number of hydrogen-bond acceptors (Lipinski definition) is 2. The lowest BCUT2D eigenvalue weighted by atomic mass is 10.0. The Labute approximate surface area is 76.6 Å². The average Bonchev–Trinajstić information content (AvgIpc) is 2.12. The molecule has 0 atom stereocenters. The molecule has 0 saturated carbocycles. The summed E-state index contributed by atoms with van der Waals surface area (Å²) in [4.78, 5) is 0. The van der Waals surface area contributed by atoms with Crippen molar-refractivity contribution in [2.24, 2.45) is 0 Å². The molecule has 2 rings (SSSR count). The van der Waals surface area contributed by atoms with Gasteiger partial charge in [0.05, 0.1) is 0 Å². The highest BCUT2D eigenvalue weighted by atomic mass is 16.3. The first-order valence-corrected chi connectivity index (χ1v) is 4.17. The van der Waals surface area contributed by atoms with E-state index in [9.17, 15) is 5.11 Å². The minimum absolute atomic E-state index is 0.318. The third-order valence-corrected chi connectivity index (χ3v) is 2.34. The van der Waals surface area contributed by atoms with Crippen LogP contribution in [0.5, 0.6) is 5.75 Å². The van der Waals surface area contributed by atoms with Gasteiger partial charge in [0.15, 0.2) is 0 Å². The molecule has 2 aromatic carbocycles. The van der Waals surface area contributed by atoms with Gasteiger partial charge >= 0.3 is 0 Å². The third-order valence-electron chi connectivity index (χ3n) is 2.34. The molecule has 0 aliphatic rings. The van der Waals surface area contributed by atoms with Crippen LogP contribution in [0, 0.1) is 6.92 Å². The quantitative estimate of drug-likeness (QED) is 0.601. The first-order chi connectivity index (χ1) is 6.20. The second-order valence-electron chi connectivity index (χ2n) is 3.15. The van der Waals surface area contributed by atoms with Crippen LogP contribution in [0.1, 0.15) is 5.56 Å². The van der Waals surface area contributed by atoms with E-state index in [0.29, 0.717) is 5.75 Å². The molecule has 0 bridgehead atoms. The zero-order chi connectivity index (χ0) is 9.42. The number of aryl methyl sites for hydroxylation is 1.